The number of piperidine rings is 2. The third kappa shape index (κ3) is 4.50. The summed E-state index contributed by atoms with van der Waals surface area (Å²) >= 11 is 0. The van der Waals surface area contributed by atoms with E-state index in [0.717, 1.165) is 32.2 Å². The molecule has 0 aliphatic carbocycles. The number of aromatic nitrogens is 2. The van der Waals surface area contributed by atoms with Crippen LogP contribution >= 0.6 is 0 Å². The number of sulfonamides is 1. The Morgan fingerprint density at radius 3 is 2.59 bits per heavy atom. The Kier molecular flexibility index (Phi) is 6.67. The lowest BCUT2D eigenvalue weighted by atomic mass is 9.76. The van der Waals surface area contributed by atoms with Gasteiger partial charge >= 0.3 is 0 Å². The lowest BCUT2D eigenvalue weighted by Gasteiger charge is -2.46. The van der Waals surface area contributed by atoms with Crippen molar-refractivity contribution >= 4 is 15.9 Å². The van der Waals surface area contributed by atoms with Crippen LogP contribution in [0.1, 0.15) is 37.9 Å². The summed E-state index contributed by atoms with van der Waals surface area (Å²) in [6, 6.07) is 0.258. The molecule has 0 spiro atoms. The zero-order valence-electron chi connectivity index (χ0n) is 17.6. The fourth-order valence-corrected chi connectivity index (χ4v) is 6.03. The molecule has 2 saturated heterocycles. The number of likely N-dealkylation sites (tertiary alicyclic amines) is 1. The minimum absolute atomic E-state index is 0.112. The molecule has 3 rings (SSSR count). The van der Waals surface area contributed by atoms with Gasteiger partial charge in [-0.25, -0.2) is 13.4 Å². The quantitative estimate of drug-likeness (QED) is 0.678. The van der Waals surface area contributed by atoms with Crippen LogP contribution in [0, 0.1) is 12.3 Å². The molecule has 0 saturated carbocycles. The van der Waals surface area contributed by atoms with Gasteiger partial charge in [0.05, 0.1) is 5.41 Å². The second-order valence-corrected chi connectivity index (χ2v) is 10.2. The summed E-state index contributed by atoms with van der Waals surface area (Å²) in [5.41, 5.74) is 5.22. The topological polar surface area (TPSA) is 111 Å². The molecule has 2 aliphatic heterocycles. The Labute approximate surface area is 173 Å². The van der Waals surface area contributed by atoms with Crippen molar-refractivity contribution in [3.8, 4) is 0 Å². The number of primary amides is 1. The molecule has 1 aromatic heterocycles. The highest BCUT2D eigenvalue weighted by molar-refractivity contribution is 7.89. The first-order valence-corrected chi connectivity index (χ1v) is 11.7. The third-order valence-corrected chi connectivity index (χ3v) is 8.31. The zero-order valence-corrected chi connectivity index (χ0v) is 18.4. The molecule has 9 nitrogen and oxygen atoms in total. The standard InChI is InChI=1S/C19H33N5O4S/c1-15-21-17(13-22(15)2)29(26,27)24-10-5-16(6-11-24)23-9-4-7-19(14-23,18(20)25)8-12-28-3/h13,16H,4-12,14H2,1-3H3,(H2,20,25). The van der Waals surface area contributed by atoms with Gasteiger partial charge in [0.1, 0.15) is 5.82 Å². The average Bonchev–Trinajstić information content (AvgIpc) is 3.06. The number of amides is 1. The first kappa shape index (κ1) is 22.2. The van der Waals surface area contributed by atoms with Gasteiger partial charge in [-0.3, -0.25) is 9.69 Å². The van der Waals surface area contributed by atoms with Crippen molar-refractivity contribution in [3.05, 3.63) is 12.0 Å². The monoisotopic (exact) mass is 427 g/mol. The molecule has 29 heavy (non-hydrogen) atoms. The molecular weight excluding hydrogens is 394 g/mol. The van der Waals surface area contributed by atoms with Crippen LogP contribution in [0.4, 0.5) is 0 Å². The molecule has 0 radical (unpaired) electrons. The zero-order chi connectivity index (χ0) is 21.2. The summed E-state index contributed by atoms with van der Waals surface area (Å²) in [5.74, 6) is 0.412. The van der Waals surface area contributed by atoms with E-state index in [9.17, 15) is 13.2 Å². The maximum Gasteiger partial charge on any atom is 0.262 e. The van der Waals surface area contributed by atoms with E-state index in [1.807, 2.05) is 0 Å². The van der Waals surface area contributed by atoms with Crippen molar-refractivity contribution in [2.24, 2.45) is 18.2 Å². The molecule has 0 bridgehead atoms. The fraction of sp³-hybridized carbons (Fsp3) is 0.789. The Morgan fingerprint density at radius 1 is 1.34 bits per heavy atom. The van der Waals surface area contributed by atoms with Crippen molar-refractivity contribution in [2.45, 2.75) is 50.1 Å². The smallest absolute Gasteiger partial charge is 0.262 e. The van der Waals surface area contributed by atoms with Gasteiger partial charge in [-0.15, -0.1) is 0 Å². The van der Waals surface area contributed by atoms with Crippen LogP contribution in [0.2, 0.25) is 0 Å². The van der Waals surface area contributed by atoms with Gasteiger partial charge in [-0.1, -0.05) is 0 Å². The summed E-state index contributed by atoms with van der Waals surface area (Å²) < 4.78 is 34.3. The van der Waals surface area contributed by atoms with Crippen LogP contribution in [0.25, 0.3) is 0 Å². The number of hydrogen-bond donors (Lipinski definition) is 1. The van der Waals surface area contributed by atoms with Crippen LogP contribution in [-0.4, -0.2) is 79.0 Å². The first-order chi connectivity index (χ1) is 13.7. The molecule has 3 heterocycles. The Morgan fingerprint density at radius 2 is 2.03 bits per heavy atom. The predicted molar refractivity (Wildman–Crippen MR) is 109 cm³/mol. The van der Waals surface area contributed by atoms with E-state index in [-0.39, 0.29) is 17.0 Å². The number of nitrogens with zero attached hydrogens (tertiary/aromatic N) is 4. The van der Waals surface area contributed by atoms with Crippen LogP contribution in [0.5, 0.6) is 0 Å². The van der Waals surface area contributed by atoms with Crippen molar-refractivity contribution in [2.75, 3.05) is 39.9 Å². The maximum atomic E-state index is 12.9. The summed E-state index contributed by atoms with van der Waals surface area (Å²) in [7, 11) is -0.150. The van der Waals surface area contributed by atoms with E-state index >= 15 is 0 Å². The number of hydrogen-bond acceptors (Lipinski definition) is 6. The van der Waals surface area contributed by atoms with E-state index in [2.05, 4.69) is 9.88 Å². The largest absolute Gasteiger partial charge is 0.385 e. The normalized spacial score (nSPS) is 25.3. The Hall–Kier alpha value is -1.49. The minimum atomic E-state index is -3.57. The predicted octanol–water partition coefficient (Wildman–Crippen LogP) is 0.486. The highest BCUT2D eigenvalue weighted by Gasteiger charge is 2.43. The van der Waals surface area contributed by atoms with E-state index in [1.165, 1.54) is 4.31 Å². The Bertz CT molecular complexity index is 812. The molecule has 10 heteroatoms. The third-order valence-electron chi connectivity index (χ3n) is 6.54. The number of nitrogens with two attached hydrogens (primary N) is 1. The van der Waals surface area contributed by atoms with Crippen molar-refractivity contribution in [3.63, 3.8) is 0 Å². The summed E-state index contributed by atoms with van der Waals surface area (Å²) in [6.45, 7) is 4.76. The number of carbonyl (C=O) groups is 1. The van der Waals surface area contributed by atoms with Crippen molar-refractivity contribution in [1.82, 2.24) is 18.8 Å². The maximum absolute atomic E-state index is 12.9. The lowest BCUT2D eigenvalue weighted by molar-refractivity contribution is -0.133. The molecule has 0 aromatic carbocycles. The molecule has 1 aromatic rings. The molecule has 1 unspecified atom stereocenters. The van der Waals surface area contributed by atoms with Crippen molar-refractivity contribution < 1.29 is 17.9 Å². The van der Waals surface area contributed by atoms with E-state index < -0.39 is 15.4 Å². The second kappa shape index (κ2) is 8.71. The molecule has 2 fully saturated rings. The highest BCUT2D eigenvalue weighted by atomic mass is 32.2. The van der Waals surface area contributed by atoms with E-state index in [4.69, 9.17) is 10.5 Å². The van der Waals surface area contributed by atoms with Gasteiger partial charge in [0.2, 0.25) is 5.91 Å². The molecule has 1 amide bonds. The van der Waals surface area contributed by atoms with Gasteiger partial charge < -0.3 is 15.0 Å². The number of carbonyl (C=O) groups excluding carboxylic acids is 1. The Balaban J connectivity index is 1.65. The van der Waals surface area contributed by atoms with Crippen LogP contribution < -0.4 is 5.73 Å². The molecule has 164 valence electrons. The number of methoxy groups -OCH3 is 1. The minimum Gasteiger partial charge on any atom is -0.385 e. The van der Waals surface area contributed by atoms with Crippen molar-refractivity contribution in [1.29, 1.82) is 0 Å². The number of rotatable bonds is 7. The number of aryl methyl sites for hydroxylation is 2. The number of ether oxygens (including phenoxy) is 1. The summed E-state index contributed by atoms with van der Waals surface area (Å²) in [4.78, 5) is 18.7. The van der Waals surface area contributed by atoms with Gasteiger partial charge in [-0.05, 0) is 45.6 Å². The van der Waals surface area contributed by atoms with Gasteiger partial charge in [0.15, 0.2) is 5.03 Å². The van der Waals surface area contributed by atoms with Gasteiger partial charge in [0.25, 0.3) is 10.0 Å². The summed E-state index contributed by atoms with van der Waals surface area (Å²) in [6.07, 6.45) is 5.38. The van der Waals surface area contributed by atoms with Gasteiger partial charge in [0, 0.05) is 52.6 Å². The first-order valence-electron chi connectivity index (χ1n) is 10.2. The molecule has 1 atom stereocenters. The van der Waals surface area contributed by atoms with E-state index in [1.54, 1.807) is 31.8 Å². The number of imidazole rings is 1. The highest BCUT2D eigenvalue weighted by Crippen LogP contribution is 2.36. The molecule has 2 N–H and O–H groups in total. The average molecular weight is 428 g/mol. The van der Waals surface area contributed by atoms with E-state index in [0.29, 0.717) is 38.5 Å². The molecule has 2 aliphatic rings. The van der Waals surface area contributed by atoms with Crippen LogP contribution in [-0.2, 0) is 26.6 Å². The lowest BCUT2D eigenvalue weighted by Crippen LogP contribution is -2.56. The second-order valence-electron chi connectivity index (χ2n) is 8.33. The van der Waals surface area contributed by atoms with Crippen LogP contribution in [0.15, 0.2) is 11.2 Å². The SMILES string of the molecule is COCCC1(C(N)=O)CCCN(C2CCN(S(=O)(=O)c3cn(C)c(C)n3)CC2)C1. The van der Waals surface area contributed by atoms with Crippen LogP contribution in [0.3, 0.4) is 0 Å². The van der Waals surface area contributed by atoms with Gasteiger partial charge in [-0.2, -0.15) is 4.31 Å². The molecular formula is C19H33N5O4S. The fourth-order valence-electron chi connectivity index (χ4n) is 4.54. The summed E-state index contributed by atoms with van der Waals surface area (Å²) in [5, 5.41) is 0.112.